The Balaban J connectivity index is 2.25. The Morgan fingerprint density at radius 3 is 0.708 bits per heavy atom. The molecule has 1 aliphatic rings. The molecular weight excluding hydrogens is 288 g/mol. The van der Waals surface area contributed by atoms with Gasteiger partial charge in [0.25, 0.3) is 0 Å². The van der Waals surface area contributed by atoms with Gasteiger partial charge >= 0.3 is 0 Å². The van der Waals surface area contributed by atoms with E-state index in [1.807, 2.05) is 0 Å². The van der Waals surface area contributed by atoms with Gasteiger partial charge in [-0.3, -0.25) is 0 Å². The highest BCUT2D eigenvalue weighted by Gasteiger charge is 2.20. The fourth-order valence-corrected chi connectivity index (χ4v) is 4.96. The van der Waals surface area contributed by atoms with Gasteiger partial charge in [-0.15, -0.1) is 0 Å². The van der Waals surface area contributed by atoms with Gasteiger partial charge in [-0.1, -0.05) is 0 Å². The lowest BCUT2D eigenvalue weighted by molar-refractivity contribution is 0.842. The smallest absolute Gasteiger partial charge is 0.0233 e. The maximum absolute atomic E-state index is 2.36. The average molecular weight is 321 g/mol. The first-order valence-corrected chi connectivity index (χ1v) is 9.41. The second-order valence-corrected chi connectivity index (χ2v) is 7.91. The van der Waals surface area contributed by atoms with Crippen LogP contribution in [0, 0.1) is 55.4 Å². The Hall–Kier alpha value is -1.56. The molecule has 128 valence electrons. The van der Waals surface area contributed by atoms with Crippen molar-refractivity contribution in [2.75, 3.05) is 0 Å². The summed E-state index contributed by atoms with van der Waals surface area (Å²) in [5.74, 6) is 0. The van der Waals surface area contributed by atoms with E-state index >= 15 is 0 Å². The van der Waals surface area contributed by atoms with E-state index < -0.39 is 0 Å². The summed E-state index contributed by atoms with van der Waals surface area (Å²) in [5.41, 5.74) is 18.7. The van der Waals surface area contributed by atoms with E-state index in [0.29, 0.717) is 0 Å². The topological polar surface area (TPSA) is 0 Å². The van der Waals surface area contributed by atoms with Crippen LogP contribution in [0.1, 0.15) is 66.8 Å². The summed E-state index contributed by atoms with van der Waals surface area (Å²) < 4.78 is 0. The largest absolute Gasteiger partial charge is 0.0447 e. The predicted octanol–water partition coefficient (Wildman–Crippen LogP) is 6.04. The maximum atomic E-state index is 2.36. The van der Waals surface area contributed by atoms with Crippen molar-refractivity contribution in [1.82, 2.24) is 0 Å². The number of hydrogen-bond donors (Lipinski definition) is 0. The van der Waals surface area contributed by atoms with E-state index in [1.165, 1.54) is 59.1 Å². The highest BCUT2D eigenvalue weighted by Crippen LogP contribution is 2.34. The fraction of sp³-hybridized carbons (Fsp3) is 0.500. The monoisotopic (exact) mass is 320 g/mol. The molecule has 2 aromatic rings. The summed E-state index contributed by atoms with van der Waals surface area (Å²) in [4.78, 5) is 0. The normalized spacial score (nSPS) is 14.0. The molecule has 4 bridgehead atoms. The van der Waals surface area contributed by atoms with Gasteiger partial charge in [-0.2, -0.15) is 0 Å². The van der Waals surface area contributed by atoms with Gasteiger partial charge in [-0.25, -0.2) is 0 Å². The van der Waals surface area contributed by atoms with E-state index in [2.05, 4.69) is 55.4 Å². The molecule has 0 saturated carbocycles. The highest BCUT2D eigenvalue weighted by atomic mass is 14.3. The molecule has 0 aliphatic heterocycles. The minimum absolute atomic E-state index is 1.18. The Kier molecular flexibility index (Phi) is 4.36. The van der Waals surface area contributed by atoms with E-state index in [1.54, 1.807) is 33.4 Å². The first-order valence-electron chi connectivity index (χ1n) is 9.41. The highest BCUT2D eigenvalue weighted by molar-refractivity contribution is 5.54. The maximum Gasteiger partial charge on any atom is -0.0233 e. The van der Waals surface area contributed by atoms with Crippen LogP contribution in [0.4, 0.5) is 0 Å². The van der Waals surface area contributed by atoms with Crippen LogP contribution < -0.4 is 0 Å². The third-order valence-electron chi connectivity index (χ3n) is 7.12. The van der Waals surface area contributed by atoms with Crippen molar-refractivity contribution in [2.24, 2.45) is 0 Å². The molecule has 0 atom stereocenters. The van der Waals surface area contributed by atoms with Crippen molar-refractivity contribution in [3.63, 3.8) is 0 Å². The molecule has 3 rings (SSSR count). The molecule has 0 nitrogen and oxygen atoms in total. The summed E-state index contributed by atoms with van der Waals surface area (Å²) in [5, 5.41) is 0. The molecule has 0 amide bonds. The Labute approximate surface area is 148 Å². The van der Waals surface area contributed by atoms with Crippen LogP contribution in [0.25, 0.3) is 0 Å². The molecule has 1 aliphatic carbocycles. The van der Waals surface area contributed by atoms with E-state index in [0.717, 1.165) is 0 Å². The molecule has 0 aromatic heterocycles. The number of fused-ring (bicyclic) bond motifs is 4. The summed E-state index contributed by atoms with van der Waals surface area (Å²) in [6, 6.07) is 0. The third-order valence-corrected chi connectivity index (χ3v) is 7.12. The van der Waals surface area contributed by atoms with Crippen molar-refractivity contribution >= 4 is 0 Å². The third kappa shape index (κ3) is 2.42. The van der Waals surface area contributed by atoms with Crippen LogP contribution in [-0.2, 0) is 25.7 Å². The minimum atomic E-state index is 1.18. The molecule has 0 N–H and O–H groups in total. The van der Waals surface area contributed by atoms with E-state index in [-0.39, 0.29) is 0 Å². The van der Waals surface area contributed by atoms with Crippen LogP contribution in [-0.4, -0.2) is 0 Å². The summed E-state index contributed by atoms with van der Waals surface area (Å²) in [6.45, 7) is 18.6. The lowest BCUT2D eigenvalue weighted by Crippen LogP contribution is -2.13. The van der Waals surface area contributed by atoms with Crippen LogP contribution in [0.3, 0.4) is 0 Å². The molecular formula is C24H32. The second-order valence-electron chi connectivity index (χ2n) is 7.91. The van der Waals surface area contributed by atoms with Crippen LogP contribution in [0.2, 0.25) is 0 Å². The number of benzene rings is 2. The van der Waals surface area contributed by atoms with Gasteiger partial charge < -0.3 is 0 Å². The molecule has 2 aromatic carbocycles. The summed E-state index contributed by atoms with van der Waals surface area (Å²) in [6.07, 6.45) is 4.70. The lowest BCUT2D eigenvalue weighted by Gasteiger charge is -2.26. The molecule has 0 radical (unpaired) electrons. The zero-order chi connectivity index (χ0) is 17.8. The van der Waals surface area contributed by atoms with E-state index in [4.69, 9.17) is 0 Å². The van der Waals surface area contributed by atoms with Gasteiger partial charge in [0.05, 0.1) is 0 Å². The van der Waals surface area contributed by atoms with Crippen molar-refractivity contribution < 1.29 is 0 Å². The Bertz CT molecular complexity index is 701. The SMILES string of the molecule is Cc1c(C)c2c(C)c(c1C)CCc1c(C)c(C)c(C)c(c1C)CC2. The lowest BCUT2D eigenvalue weighted by atomic mass is 9.79. The standard InChI is InChI=1S/C24H32/c1-13-15(3)21-9-11-23-17(5)14(2)18(6)24(20(23)8)12-10-22(16(13)4)19(21)7/h9-12H2,1-8H3. The number of hydrogen-bond acceptors (Lipinski definition) is 0. The van der Waals surface area contributed by atoms with Crippen LogP contribution in [0.5, 0.6) is 0 Å². The molecule has 0 saturated heterocycles. The van der Waals surface area contributed by atoms with E-state index in [9.17, 15) is 0 Å². The second kappa shape index (κ2) is 6.06. The molecule has 24 heavy (non-hydrogen) atoms. The summed E-state index contributed by atoms with van der Waals surface area (Å²) in [7, 11) is 0. The zero-order valence-corrected chi connectivity index (χ0v) is 16.8. The van der Waals surface area contributed by atoms with Gasteiger partial charge in [0, 0.05) is 0 Å². The van der Waals surface area contributed by atoms with Crippen molar-refractivity contribution in [3.8, 4) is 0 Å². The Morgan fingerprint density at radius 1 is 0.292 bits per heavy atom. The summed E-state index contributed by atoms with van der Waals surface area (Å²) >= 11 is 0. The molecule has 0 heteroatoms. The molecule has 0 heterocycles. The van der Waals surface area contributed by atoms with Gasteiger partial charge in [0.1, 0.15) is 0 Å². The Morgan fingerprint density at radius 2 is 0.500 bits per heavy atom. The van der Waals surface area contributed by atoms with Gasteiger partial charge in [0.2, 0.25) is 0 Å². The molecule has 0 unspecified atom stereocenters. The van der Waals surface area contributed by atoms with Crippen molar-refractivity contribution in [2.45, 2.75) is 81.1 Å². The van der Waals surface area contributed by atoms with Crippen molar-refractivity contribution in [1.29, 1.82) is 0 Å². The predicted molar refractivity (Wildman–Crippen MR) is 106 cm³/mol. The van der Waals surface area contributed by atoms with Crippen LogP contribution in [0.15, 0.2) is 0 Å². The molecule has 0 spiro atoms. The average Bonchev–Trinajstić information content (AvgIpc) is 2.55. The first kappa shape index (κ1) is 17.3. The number of rotatable bonds is 0. The quantitative estimate of drug-likeness (QED) is 0.555. The first-order chi connectivity index (χ1) is 11.3. The zero-order valence-electron chi connectivity index (χ0n) is 16.8. The van der Waals surface area contributed by atoms with Gasteiger partial charge in [-0.05, 0) is 148 Å². The van der Waals surface area contributed by atoms with Crippen LogP contribution >= 0.6 is 0 Å². The fourth-order valence-electron chi connectivity index (χ4n) is 4.96. The van der Waals surface area contributed by atoms with Crippen molar-refractivity contribution in [3.05, 3.63) is 66.8 Å². The molecule has 0 fully saturated rings. The van der Waals surface area contributed by atoms with Gasteiger partial charge in [0.15, 0.2) is 0 Å². The minimum Gasteiger partial charge on any atom is -0.0447 e.